The van der Waals surface area contributed by atoms with E-state index in [-0.39, 0.29) is 22.3 Å². The predicted molar refractivity (Wildman–Crippen MR) is 73.7 cm³/mol. The zero-order valence-electron chi connectivity index (χ0n) is 10.8. The molecule has 0 aliphatic heterocycles. The van der Waals surface area contributed by atoms with Crippen molar-refractivity contribution in [3.8, 4) is 0 Å². The lowest BCUT2D eigenvalue weighted by Gasteiger charge is -2.21. The highest BCUT2D eigenvalue weighted by atomic mass is 35.5. The third kappa shape index (κ3) is 2.41. The van der Waals surface area contributed by atoms with Crippen LogP contribution in [0.25, 0.3) is 0 Å². The molecule has 0 radical (unpaired) electrons. The van der Waals surface area contributed by atoms with Crippen molar-refractivity contribution in [2.45, 2.75) is 42.6 Å². The van der Waals surface area contributed by atoms with Crippen LogP contribution in [-0.2, 0) is 14.3 Å². The van der Waals surface area contributed by atoms with Crippen LogP contribution < -0.4 is 0 Å². The molecule has 0 saturated heterocycles. The number of halogens is 1. The van der Waals surface area contributed by atoms with Gasteiger partial charge in [-0.25, -0.2) is 0 Å². The molecule has 0 heterocycles. The van der Waals surface area contributed by atoms with Gasteiger partial charge < -0.3 is 0 Å². The van der Waals surface area contributed by atoms with E-state index in [1.165, 1.54) is 0 Å². The SMILES string of the molecule is Cc1ccc(S(=O)(=O)O[C@@H]2C[C@H]3CC[C@H]2[C@H]3Cl)cc1. The summed E-state index contributed by atoms with van der Waals surface area (Å²) < 4.78 is 29.9. The van der Waals surface area contributed by atoms with Crippen molar-refractivity contribution < 1.29 is 12.6 Å². The average Bonchev–Trinajstić information content (AvgIpc) is 2.84. The number of alkyl halides is 1. The summed E-state index contributed by atoms with van der Waals surface area (Å²) in [6.07, 6.45) is 2.60. The van der Waals surface area contributed by atoms with Crippen LogP contribution in [-0.4, -0.2) is 19.9 Å². The standard InChI is InChI=1S/C14H17ClO3S/c1-9-2-5-11(6-3-9)19(16,17)18-13-8-10-4-7-12(13)14(10)15/h2-3,5-6,10,12-14H,4,7-8H2,1H3/t10-,12-,13-,14+/m1/s1. The molecule has 3 nitrogen and oxygen atoms in total. The fourth-order valence-corrected chi connectivity index (χ4v) is 4.86. The number of fused-ring (bicyclic) bond motifs is 2. The molecule has 4 atom stereocenters. The maximum absolute atomic E-state index is 12.2. The summed E-state index contributed by atoms with van der Waals surface area (Å²) in [5.74, 6) is 0.608. The molecule has 2 aliphatic carbocycles. The lowest BCUT2D eigenvalue weighted by atomic mass is 9.98. The average molecular weight is 301 g/mol. The van der Waals surface area contributed by atoms with Gasteiger partial charge in [0, 0.05) is 11.3 Å². The van der Waals surface area contributed by atoms with Gasteiger partial charge in [-0.15, -0.1) is 11.6 Å². The van der Waals surface area contributed by atoms with Crippen molar-refractivity contribution in [3.05, 3.63) is 29.8 Å². The van der Waals surface area contributed by atoms with Crippen LogP contribution in [0.5, 0.6) is 0 Å². The minimum atomic E-state index is -3.66. The molecular weight excluding hydrogens is 284 g/mol. The summed E-state index contributed by atoms with van der Waals surface area (Å²) in [5.41, 5.74) is 1.03. The quantitative estimate of drug-likeness (QED) is 0.636. The minimum Gasteiger partial charge on any atom is -0.263 e. The van der Waals surface area contributed by atoms with Gasteiger partial charge in [0.2, 0.25) is 0 Å². The fraction of sp³-hybridized carbons (Fsp3) is 0.571. The van der Waals surface area contributed by atoms with Gasteiger partial charge in [-0.05, 0) is 44.2 Å². The Hall–Kier alpha value is -0.580. The summed E-state index contributed by atoms with van der Waals surface area (Å²) in [4.78, 5) is 0.229. The van der Waals surface area contributed by atoms with Gasteiger partial charge >= 0.3 is 0 Å². The molecule has 5 heteroatoms. The molecule has 2 saturated carbocycles. The van der Waals surface area contributed by atoms with Gasteiger partial charge in [0.15, 0.2) is 0 Å². The Bertz CT molecular complexity index is 567. The van der Waals surface area contributed by atoms with Gasteiger partial charge in [-0.2, -0.15) is 8.42 Å². The van der Waals surface area contributed by atoms with Crippen LogP contribution in [0.4, 0.5) is 0 Å². The monoisotopic (exact) mass is 300 g/mol. The third-order valence-electron chi connectivity index (χ3n) is 4.30. The van der Waals surface area contributed by atoms with E-state index in [4.69, 9.17) is 15.8 Å². The second kappa shape index (κ2) is 4.76. The van der Waals surface area contributed by atoms with E-state index in [0.717, 1.165) is 24.8 Å². The van der Waals surface area contributed by atoms with Crippen molar-refractivity contribution in [1.82, 2.24) is 0 Å². The van der Waals surface area contributed by atoms with Crippen LogP contribution in [0.1, 0.15) is 24.8 Å². The maximum atomic E-state index is 12.2. The molecule has 0 amide bonds. The Morgan fingerprint density at radius 3 is 2.42 bits per heavy atom. The second-order valence-corrected chi connectivity index (χ2v) is 7.66. The maximum Gasteiger partial charge on any atom is 0.297 e. The Labute approximate surface area is 119 Å². The lowest BCUT2D eigenvalue weighted by molar-refractivity contribution is 0.146. The van der Waals surface area contributed by atoms with E-state index in [2.05, 4.69) is 0 Å². The normalized spacial score (nSPS) is 33.8. The molecule has 2 bridgehead atoms. The van der Waals surface area contributed by atoms with E-state index in [1.54, 1.807) is 24.3 Å². The van der Waals surface area contributed by atoms with Gasteiger partial charge in [0.1, 0.15) is 0 Å². The van der Waals surface area contributed by atoms with Crippen LogP contribution in [0.2, 0.25) is 0 Å². The van der Waals surface area contributed by atoms with Gasteiger partial charge in [-0.1, -0.05) is 17.7 Å². The zero-order valence-corrected chi connectivity index (χ0v) is 12.3. The topological polar surface area (TPSA) is 43.4 Å². The van der Waals surface area contributed by atoms with Gasteiger partial charge in [0.25, 0.3) is 10.1 Å². The number of hydrogen-bond donors (Lipinski definition) is 0. The molecule has 104 valence electrons. The zero-order chi connectivity index (χ0) is 13.6. The van der Waals surface area contributed by atoms with Gasteiger partial charge in [-0.3, -0.25) is 4.18 Å². The fourth-order valence-electron chi connectivity index (χ4n) is 3.22. The molecule has 3 rings (SSSR count). The molecule has 19 heavy (non-hydrogen) atoms. The first-order valence-electron chi connectivity index (χ1n) is 6.61. The summed E-state index contributed by atoms with van der Waals surface area (Å²) in [6, 6.07) is 6.74. The summed E-state index contributed by atoms with van der Waals surface area (Å²) in [6.45, 7) is 1.92. The number of aryl methyl sites for hydroxylation is 1. The van der Waals surface area contributed by atoms with Crippen molar-refractivity contribution in [1.29, 1.82) is 0 Å². The predicted octanol–water partition coefficient (Wildman–Crippen LogP) is 3.11. The number of rotatable bonds is 3. The van der Waals surface area contributed by atoms with Crippen molar-refractivity contribution >= 4 is 21.7 Å². The van der Waals surface area contributed by atoms with Crippen LogP contribution in [0.3, 0.4) is 0 Å². The molecular formula is C14H17ClO3S. The van der Waals surface area contributed by atoms with E-state index in [1.807, 2.05) is 6.92 Å². The lowest BCUT2D eigenvalue weighted by Crippen LogP contribution is -2.25. The molecule has 2 aliphatic rings. The second-order valence-electron chi connectivity index (χ2n) is 5.58. The van der Waals surface area contributed by atoms with Crippen molar-refractivity contribution in [2.75, 3.05) is 0 Å². The van der Waals surface area contributed by atoms with E-state index >= 15 is 0 Å². The van der Waals surface area contributed by atoms with E-state index in [9.17, 15) is 8.42 Å². The van der Waals surface area contributed by atoms with E-state index in [0.29, 0.717) is 5.92 Å². The highest BCUT2D eigenvalue weighted by Gasteiger charge is 2.49. The van der Waals surface area contributed by atoms with E-state index < -0.39 is 10.1 Å². The van der Waals surface area contributed by atoms with Crippen LogP contribution in [0.15, 0.2) is 29.2 Å². The smallest absolute Gasteiger partial charge is 0.263 e. The molecule has 0 spiro atoms. The Balaban J connectivity index is 1.78. The molecule has 0 unspecified atom stereocenters. The van der Waals surface area contributed by atoms with Gasteiger partial charge in [0.05, 0.1) is 11.0 Å². The number of benzene rings is 1. The molecule has 1 aromatic carbocycles. The Morgan fingerprint density at radius 1 is 1.21 bits per heavy atom. The first-order chi connectivity index (χ1) is 8.97. The Kier molecular flexibility index (Phi) is 3.36. The Morgan fingerprint density at radius 2 is 1.89 bits per heavy atom. The third-order valence-corrected chi connectivity index (χ3v) is 6.33. The van der Waals surface area contributed by atoms with Crippen LogP contribution >= 0.6 is 11.6 Å². The molecule has 2 fully saturated rings. The minimum absolute atomic E-state index is 0.0817. The highest BCUT2D eigenvalue weighted by molar-refractivity contribution is 7.86. The largest absolute Gasteiger partial charge is 0.297 e. The first kappa shape index (κ1) is 13.4. The first-order valence-corrected chi connectivity index (χ1v) is 8.46. The highest BCUT2D eigenvalue weighted by Crippen LogP contribution is 2.49. The van der Waals surface area contributed by atoms with Crippen LogP contribution in [0, 0.1) is 18.8 Å². The van der Waals surface area contributed by atoms with Crippen molar-refractivity contribution in [2.24, 2.45) is 11.8 Å². The summed E-state index contributed by atoms with van der Waals surface area (Å²) >= 11 is 6.29. The molecule has 0 N–H and O–H groups in total. The van der Waals surface area contributed by atoms with Crippen molar-refractivity contribution in [3.63, 3.8) is 0 Å². The summed E-state index contributed by atoms with van der Waals surface area (Å²) in [5, 5.41) is 0.0817. The number of hydrogen-bond acceptors (Lipinski definition) is 3. The molecule has 0 aromatic heterocycles. The summed E-state index contributed by atoms with van der Waals surface area (Å²) in [7, 11) is -3.66. The molecule has 1 aromatic rings.